The molecule has 2 rings (SSSR count). The van der Waals surface area contributed by atoms with E-state index in [0.29, 0.717) is 6.07 Å². The van der Waals surface area contributed by atoms with Crippen LogP contribution in [-0.2, 0) is 4.79 Å². The van der Waals surface area contributed by atoms with Crippen molar-refractivity contribution in [2.45, 2.75) is 17.7 Å². The second-order valence-electron chi connectivity index (χ2n) is 5.89. The molecule has 0 aliphatic carbocycles. The molecule has 0 aliphatic rings. The Balaban J connectivity index is 2.33. The minimum atomic E-state index is -1.58. The zero-order chi connectivity index (χ0) is 21.2. The maximum absolute atomic E-state index is 14.0. The van der Waals surface area contributed by atoms with Crippen molar-refractivity contribution in [1.82, 2.24) is 0 Å². The van der Waals surface area contributed by atoms with Gasteiger partial charge in [0, 0.05) is 11.8 Å². The van der Waals surface area contributed by atoms with Gasteiger partial charge in [-0.05, 0) is 25.1 Å². The van der Waals surface area contributed by atoms with Crippen molar-refractivity contribution in [2.24, 2.45) is 0 Å². The summed E-state index contributed by atoms with van der Waals surface area (Å²) in [5.41, 5.74) is 2.70. The summed E-state index contributed by atoms with van der Waals surface area (Å²) in [5.74, 6) is -7.61. The smallest absolute Gasteiger partial charge is 0.258 e. The topological polar surface area (TPSA) is 84.2 Å². The van der Waals surface area contributed by atoms with Gasteiger partial charge in [0.1, 0.15) is 15.8 Å². The summed E-state index contributed by atoms with van der Waals surface area (Å²) in [7, 11) is 0. The first-order chi connectivity index (χ1) is 12.9. The minimum Gasteiger partial charge on any atom is -0.396 e. The molecule has 0 radical (unpaired) electrons. The lowest BCUT2D eigenvalue weighted by Gasteiger charge is -2.14. The van der Waals surface area contributed by atoms with E-state index in [9.17, 15) is 27.2 Å². The lowest BCUT2D eigenvalue weighted by Crippen LogP contribution is -2.22. The van der Waals surface area contributed by atoms with Gasteiger partial charge in [-0.3, -0.25) is 9.59 Å². The SMILES string of the molecule is CC(Cl)(Cl)CC(=O)Nc1cc(F)c(F)c(C(=O)Nc2c(F)ccc(N)c2F)c1. The van der Waals surface area contributed by atoms with E-state index in [1.165, 1.54) is 6.92 Å². The normalized spacial score (nSPS) is 11.2. The van der Waals surface area contributed by atoms with Crippen LogP contribution in [0.4, 0.5) is 34.6 Å². The van der Waals surface area contributed by atoms with Crippen LogP contribution >= 0.6 is 23.2 Å². The summed E-state index contributed by atoms with van der Waals surface area (Å²) in [6.07, 6.45) is -0.379. The van der Waals surface area contributed by atoms with Crippen molar-refractivity contribution in [3.8, 4) is 0 Å². The van der Waals surface area contributed by atoms with Crippen LogP contribution in [0, 0.1) is 23.3 Å². The Morgan fingerprint density at radius 2 is 1.68 bits per heavy atom. The number of hydrogen-bond acceptors (Lipinski definition) is 3. The molecular formula is C17H13Cl2F4N3O2. The molecule has 2 aromatic rings. The summed E-state index contributed by atoms with van der Waals surface area (Å²) in [6.45, 7) is 1.34. The number of benzene rings is 2. The molecule has 4 N–H and O–H groups in total. The summed E-state index contributed by atoms with van der Waals surface area (Å²) in [4.78, 5) is 24.0. The van der Waals surface area contributed by atoms with Gasteiger partial charge in [0.25, 0.3) is 5.91 Å². The first-order valence-electron chi connectivity index (χ1n) is 7.60. The summed E-state index contributed by atoms with van der Waals surface area (Å²) in [5, 5.41) is 3.99. The van der Waals surface area contributed by atoms with Crippen molar-refractivity contribution in [3.05, 3.63) is 53.1 Å². The zero-order valence-corrected chi connectivity index (χ0v) is 15.7. The van der Waals surface area contributed by atoms with Crippen molar-refractivity contribution in [2.75, 3.05) is 16.4 Å². The Hall–Kier alpha value is -2.52. The van der Waals surface area contributed by atoms with Gasteiger partial charge in [-0.2, -0.15) is 0 Å². The van der Waals surface area contributed by atoms with E-state index in [4.69, 9.17) is 28.9 Å². The molecule has 0 atom stereocenters. The Morgan fingerprint density at radius 3 is 2.29 bits per heavy atom. The second-order valence-corrected chi connectivity index (χ2v) is 7.76. The molecule has 0 fully saturated rings. The van der Waals surface area contributed by atoms with E-state index in [1.54, 1.807) is 5.32 Å². The van der Waals surface area contributed by atoms with Gasteiger partial charge in [0.2, 0.25) is 5.91 Å². The number of amides is 2. The fourth-order valence-electron chi connectivity index (χ4n) is 2.18. The fraction of sp³-hybridized carbons (Fsp3) is 0.176. The van der Waals surface area contributed by atoms with E-state index >= 15 is 0 Å². The van der Waals surface area contributed by atoms with Crippen molar-refractivity contribution in [3.63, 3.8) is 0 Å². The molecule has 11 heteroatoms. The molecular weight excluding hydrogens is 425 g/mol. The molecule has 0 aromatic heterocycles. The third-order valence-corrected chi connectivity index (χ3v) is 3.65. The van der Waals surface area contributed by atoms with Gasteiger partial charge < -0.3 is 16.4 Å². The molecule has 0 bridgehead atoms. The average Bonchev–Trinajstić information content (AvgIpc) is 2.56. The standard InChI is InChI=1S/C17H13Cl2F4N3O2/c1-17(18,19)6-12(27)25-7-4-8(13(22)10(21)5-7)16(28)26-15-9(20)2-3-11(24)14(15)23/h2-5H,6,24H2,1H3,(H,25,27)(H,26,28). The van der Waals surface area contributed by atoms with Crippen molar-refractivity contribution in [1.29, 1.82) is 0 Å². The second kappa shape index (κ2) is 8.24. The van der Waals surface area contributed by atoms with E-state index in [0.717, 1.165) is 18.2 Å². The molecule has 0 aliphatic heterocycles. The number of carbonyl (C=O) groups excluding carboxylic acids is 2. The maximum Gasteiger partial charge on any atom is 0.258 e. The summed E-state index contributed by atoms with van der Waals surface area (Å²) >= 11 is 11.4. The summed E-state index contributed by atoms with van der Waals surface area (Å²) in [6, 6.07) is 3.12. The number of rotatable bonds is 5. The van der Waals surface area contributed by atoms with Crippen molar-refractivity contribution >= 4 is 52.1 Å². The van der Waals surface area contributed by atoms with Crippen LogP contribution in [0.15, 0.2) is 24.3 Å². The monoisotopic (exact) mass is 437 g/mol. The highest BCUT2D eigenvalue weighted by atomic mass is 35.5. The lowest BCUT2D eigenvalue weighted by atomic mass is 10.1. The van der Waals surface area contributed by atoms with Crippen molar-refractivity contribution < 1.29 is 27.2 Å². The highest BCUT2D eigenvalue weighted by molar-refractivity contribution is 6.49. The first-order valence-corrected chi connectivity index (χ1v) is 8.36. The number of anilines is 3. The van der Waals surface area contributed by atoms with E-state index in [-0.39, 0.29) is 12.1 Å². The molecule has 2 amide bonds. The number of nitrogens with two attached hydrogens (primary N) is 1. The van der Waals surface area contributed by atoms with Crippen LogP contribution in [0.5, 0.6) is 0 Å². The zero-order valence-electron chi connectivity index (χ0n) is 14.2. The molecule has 2 aromatic carbocycles. The number of alkyl halides is 2. The van der Waals surface area contributed by atoms with E-state index < -0.39 is 56.4 Å². The maximum atomic E-state index is 14.0. The Kier molecular flexibility index (Phi) is 6.41. The minimum absolute atomic E-state index is 0.292. The largest absolute Gasteiger partial charge is 0.396 e. The number of carbonyl (C=O) groups is 2. The van der Waals surface area contributed by atoms with Crippen LogP contribution in [0.1, 0.15) is 23.7 Å². The number of nitrogens with one attached hydrogen (secondary N) is 2. The van der Waals surface area contributed by atoms with Crippen LogP contribution in [0.25, 0.3) is 0 Å². The third-order valence-electron chi connectivity index (χ3n) is 3.39. The van der Waals surface area contributed by atoms with Crippen LogP contribution < -0.4 is 16.4 Å². The van der Waals surface area contributed by atoms with Gasteiger partial charge in [-0.1, -0.05) is 0 Å². The van der Waals surface area contributed by atoms with E-state index in [1.807, 2.05) is 0 Å². The van der Waals surface area contributed by atoms with Gasteiger partial charge in [0.05, 0.1) is 17.7 Å². The third kappa shape index (κ3) is 5.26. The molecule has 0 spiro atoms. The van der Waals surface area contributed by atoms with Crippen LogP contribution in [0.2, 0.25) is 0 Å². The van der Waals surface area contributed by atoms with Gasteiger partial charge in [-0.15, -0.1) is 23.2 Å². The van der Waals surface area contributed by atoms with E-state index in [2.05, 4.69) is 5.32 Å². The Morgan fingerprint density at radius 1 is 1.04 bits per heavy atom. The molecule has 0 saturated carbocycles. The van der Waals surface area contributed by atoms with Crippen LogP contribution in [0.3, 0.4) is 0 Å². The fourth-order valence-corrected chi connectivity index (χ4v) is 2.42. The number of hydrogen-bond donors (Lipinski definition) is 3. The van der Waals surface area contributed by atoms with Gasteiger partial charge in [0.15, 0.2) is 17.5 Å². The van der Waals surface area contributed by atoms with Gasteiger partial charge >= 0.3 is 0 Å². The Bertz CT molecular complexity index is 949. The summed E-state index contributed by atoms with van der Waals surface area (Å²) < 4.78 is 54.1. The Labute approximate surface area is 166 Å². The molecule has 150 valence electrons. The number of nitrogen functional groups attached to an aromatic ring is 1. The predicted octanol–water partition coefficient (Wildman–Crippen LogP) is 4.60. The number of halogens is 6. The highest BCUT2D eigenvalue weighted by Crippen LogP contribution is 2.27. The highest BCUT2D eigenvalue weighted by Gasteiger charge is 2.24. The molecule has 0 heterocycles. The molecule has 5 nitrogen and oxygen atoms in total. The lowest BCUT2D eigenvalue weighted by molar-refractivity contribution is -0.116. The molecule has 0 unspecified atom stereocenters. The quantitative estimate of drug-likeness (QED) is 0.363. The molecule has 0 saturated heterocycles. The first kappa shape index (κ1) is 21.8. The molecule has 28 heavy (non-hydrogen) atoms. The van der Waals surface area contributed by atoms with Crippen LogP contribution in [-0.4, -0.2) is 16.1 Å². The predicted molar refractivity (Wildman–Crippen MR) is 98.4 cm³/mol. The van der Waals surface area contributed by atoms with Gasteiger partial charge in [-0.25, -0.2) is 17.6 Å². The average molecular weight is 438 g/mol.